The Bertz CT molecular complexity index is 504. The Morgan fingerprint density at radius 2 is 2.10 bits per heavy atom. The second-order valence-corrected chi connectivity index (χ2v) is 4.38. The van der Waals surface area contributed by atoms with Crippen LogP contribution in [0.4, 0.5) is 5.69 Å². The van der Waals surface area contributed by atoms with Crippen LogP contribution in [0.3, 0.4) is 0 Å². The number of hydrogen-bond acceptors (Lipinski definition) is 6. The first-order valence-corrected chi connectivity index (χ1v) is 5.90. The summed E-state index contributed by atoms with van der Waals surface area (Å²) in [5, 5.41) is 11.0. The zero-order chi connectivity index (χ0) is 15.3. The van der Waals surface area contributed by atoms with Gasteiger partial charge in [0.25, 0.3) is 5.91 Å². The number of carbonyl (C=O) groups excluding carboxylic acids is 1. The summed E-state index contributed by atoms with van der Waals surface area (Å²) in [6.45, 7) is 3.49. The molecule has 8 heteroatoms. The van der Waals surface area contributed by atoms with E-state index in [1.54, 1.807) is 13.8 Å². The van der Waals surface area contributed by atoms with Crippen LogP contribution in [0.1, 0.15) is 13.8 Å². The van der Waals surface area contributed by atoms with E-state index in [0.29, 0.717) is 5.75 Å². The summed E-state index contributed by atoms with van der Waals surface area (Å²) in [7, 11) is 1.40. The third kappa shape index (κ3) is 3.58. The quantitative estimate of drug-likeness (QED) is 0.348. The van der Waals surface area contributed by atoms with Gasteiger partial charge >= 0.3 is 5.69 Å². The molecule has 0 radical (unpaired) electrons. The van der Waals surface area contributed by atoms with Crippen LogP contribution >= 0.6 is 0 Å². The van der Waals surface area contributed by atoms with Crippen molar-refractivity contribution in [3.8, 4) is 11.5 Å². The molecule has 0 spiro atoms. The van der Waals surface area contributed by atoms with Gasteiger partial charge in [-0.15, -0.1) is 0 Å². The normalized spacial score (nSPS) is 11.8. The molecule has 8 nitrogen and oxygen atoms in total. The number of nitro groups is 1. The first kappa shape index (κ1) is 15.7. The van der Waals surface area contributed by atoms with E-state index in [-0.39, 0.29) is 17.4 Å². The maximum Gasteiger partial charge on any atom is 0.314 e. The Morgan fingerprint density at radius 3 is 2.55 bits per heavy atom. The summed E-state index contributed by atoms with van der Waals surface area (Å²) in [6.07, 6.45) is -0.924. The number of ether oxygens (including phenoxy) is 2. The minimum absolute atomic E-state index is 0.0156. The Kier molecular flexibility index (Phi) is 5.27. The second-order valence-electron chi connectivity index (χ2n) is 4.38. The molecule has 1 aromatic carbocycles. The Morgan fingerprint density at radius 1 is 1.45 bits per heavy atom. The lowest BCUT2D eigenvalue weighted by Gasteiger charge is -2.20. The number of nitro benzene ring substituents is 1. The molecule has 20 heavy (non-hydrogen) atoms. The highest BCUT2D eigenvalue weighted by Crippen LogP contribution is 2.32. The Labute approximate surface area is 116 Å². The van der Waals surface area contributed by atoms with Gasteiger partial charge < -0.3 is 9.47 Å². The summed E-state index contributed by atoms with van der Waals surface area (Å²) in [4.78, 5) is 22.0. The van der Waals surface area contributed by atoms with Crippen LogP contribution in [0, 0.1) is 16.0 Å². The van der Waals surface area contributed by atoms with Crippen molar-refractivity contribution in [2.75, 3.05) is 7.11 Å². The molecule has 0 aliphatic carbocycles. The number of methoxy groups -OCH3 is 1. The van der Waals surface area contributed by atoms with E-state index in [9.17, 15) is 14.9 Å². The highest BCUT2D eigenvalue weighted by atomic mass is 16.6. The molecule has 0 saturated carbocycles. The molecule has 1 unspecified atom stereocenters. The molecular formula is C12H17N3O5. The van der Waals surface area contributed by atoms with Crippen LogP contribution in [0.15, 0.2) is 18.2 Å². The van der Waals surface area contributed by atoms with Gasteiger partial charge in [0.1, 0.15) is 5.75 Å². The van der Waals surface area contributed by atoms with Crippen molar-refractivity contribution in [1.82, 2.24) is 5.43 Å². The predicted octanol–water partition coefficient (Wildman–Crippen LogP) is 0.997. The van der Waals surface area contributed by atoms with E-state index in [4.69, 9.17) is 15.3 Å². The third-order valence-electron chi connectivity index (χ3n) is 2.62. The zero-order valence-corrected chi connectivity index (χ0v) is 11.5. The Hall–Kier alpha value is -2.35. The average Bonchev–Trinajstić information content (AvgIpc) is 2.43. The molecule has 0 aliphatic rings. The maximum absolute atomic E-state index is 11.6. The number of benzene rings is 1. The van der Waals surface area contributed by atoms with Gasteiger partial charge in [-0.1, -0.05) is 13.8 Å². The van der Waals surface area contributed by atoms with Crippen molar-refractivity contribution in [2.24, 2.45) is 11.8 Å². The fraction of sp³-hybridized carbons (Fsp3) is 0.417. The maximum atomic E-state index is 11.6. The van der Waals surface area contributed by atoms with Gasteiger partial charge in [0.15, 0.2) is 11.9 Å². The molecule has 110 valence electrons. The molecule has 0 aliphatic heterocycles. The first-order valence-electron chi connectivity index (χ1n) is 5.90. The summed E-state index contributed by atoms with van der Waals surface area (Å²) in [5.74, 6) is 4.63. The average molecular weight is 283 g/mol. The molecule has 0 fully saturated rings. The van der Waals surface area contributed by atoms with Gasteiger partial charge in [0.2, 0.25) is 0 Å². The van der Waals surface area contributed by atoms with E-state index in [0.717, 1.165) is 0 Å². The van der Waals surface area contributed by atoms with Crippen molar-refractivity contribution >= 4 is 11.6 Å². The number of nitrogens with two attached hydrogens (primary N) is 1. The molecular weight excluding hydrogens is 266 g/mol. The van der Waals surface area contributed by atoms with E-state index in [1.807, 2.05) is 5.43 Å². The lowest BCUT2D eigenvalue weighted by atomic mass is 10.1. The van der Waals surface area contributed by atoms with Gasteiger partial charge in [-0.25, -0.2) is 5.84 Å². The summed E-state index contributed by atoms with van der Waals surface area (Å²) >= 11 is 0. The summed E-state index contributed by atoms with van der Waals surface area (Å²) in [6, 6.07) is 4.13. The van der Waals surface area contributed by atoms with E-state index in [1.165, 1.54) is 25.3 Å². The van der Waals surface area contributed by atoms with Crippen molar-refractivity contribution < 1.29 is 19.2 Å². The monoisotopic (exact) mass is 283 g/mol. The van der Waals surface area contributed by atoms with Crippen LogP contribution in [-0.4, -0.2) is 24.0 Å². The SMILES string of the molecule is COc1ccc(OC(C(=O)NN)C(C)C)c([N+](=O)[O-])c1. The molecule has 0 aromatic heterocycles. The van der Waals surface area contributed by atoms with Gasteiger partial charge in [0, 0.05) is 0 Å². The lowest BCUT2D eigenvalue weighted by Crippen LogP contribution is -2.44. The molecule has 0 bridgehead atoms. The van der Waals surface area contributed by atoms with Crippen LogP contribution in [-0.2, 0) is 4.79 Å². The van der Waals surface area contributed by atoms with Crippen LogP contribution in [0.2, 0.25) is 0 Å². The van der Waals surface area contributed by atoms with Gasteiger partial charge in [0.05, 0.1) is 18.1 Å². The summed E-state index contributed by atoms with van der Waals surface area (Å²) < 4.78 is 10.4. The van der Waals surface area contributed by atoms with Crippen LogP contribution in [0.5, 0.6) is 11.5 Å². The van der Waals surface area contributed by atoms with E-state index in [2.05, 4.69) is 0 Å². The van der Waals surface area contributed by atoms with Gasteiger partial charge in [-0.05, 0) is 18.1 Å². The number of rotatable bonds is 6. The fourth-order valence-corrected chi connectivity index (χ4v) is 1.58. The smallest absolute Gasteiger partial charge is 0.314 e. The number of nitrogens with zero attached hydrogens (tertiary/aromatic N) is 1. The topological polar surface area (TPSA) is 117 Å². The van der Waals surface area contributed by atoms with E-state index < -0.39 is 16.9 Å². The number of amides is 1. The van der Waals surface area contributed by atoms with Crippen molar-refractivity contribution in [2.45, 2.75) is 20.0 Å². The van der Waals surface area contributed by atoms with Gasteiger partial charge in [-0.3, -0.25) is 20.3 Å². The van der Waals surface area contributed by atoms with Gasteiger partial charge in [-0.2, -0.15) is 0 Å². The lowest BCUT2D eigenvalue weighted by molar-refractivity contribution is -0.386. The van der Waals surface area contributed by atoms with Crippen molar-refractivity contribution in [3.05, 3.63) is 28.3 Å². The van der Waals surface area contributed by atoms with E-state index >= 15 is 0 Å². The number of hydrazine groups is 1. The first-order chi connectivity index (χ1) is 9.40. The van der Waals surface area contributed by atoms with Crippen molar-refractivity contribution in [1.29, 1.82) is 0 Å². The molecule has 0 heterocycles. The molecule has 1 rings (SSSR count). The zero-order valence-electron chi connectivity index (χ0n) is 11.5. The minimum atomic E-state index is -0.924. The number of carbonyl (C=O) groups is 1. The molecule has 0 saturated heterocycles. The highest BCUT2D eigenvalue weighted by Gasteiger charge is 2.27. The minimum Gasteiger partial charge on any atom is -0.496 e. The molecule has 1 atom stereocenters. The van der Waals surface area contributed by atoms with Crippen LogP contribution in [0.25, 0.3) is 0 Å². The summed E-state index contributed by atoms with van der Waals surface area (Å²) in [5.41, 5.74) is 1.70. The fourth-order valence-electron chi connectivity index (χ4n) is 1.58. The van der Waals surface area contributed by atoms with Crippen molar-refractivity contribution in [3.63, 3.8) is 0 Å². The molecule has 3 N–H and O–H groups in total. The second kappa shape index (κ2) is 6.71. The molecule has 1 amide bonds. The number of hydrogen-bond donors (Lipinski definition) is 2. The number of nitrogens with one attached hydrogen (secondary N) is 1. The Balaban J connectivity index is 3.12. The highest BCUT2D eigenvalue weighted by molar-refractivity contribution is 5.81. The third-order valence-corrected chi connectivity index (χ3v) is 2.62. The van der Waals surface area contributed by atoms with Crippen LogP contribution < -0.4 is 20.7 Å². The largest absolute Gasteiger partial charge is 0.496 e. The molecule has 1 aromatic rings. The predicted molar refractivity (Wildman–Crippen MR) is 71.2 cm³/mol. The standard InChI is InChI=1S/C12H17N3O5/c1-7(2)11(12(16)14-13)20-10-5-4-8(19-3)6-9(10)15(17)18/h4-7,11H,13H2,1-3H3,(H,14,16).